The molecule has 7 heteroatoms. The third-order valence-electron chi connectivity index (χ3n) is 3.27. The molecule has 0 amide bonds. The number of hydrogen-bond donors (Lipinski definition) is 1. The lowest BCUT2D eigenvalue weighted by Crippen LogP contribution is -2.46. The highest BCUT2D eigenvalue weighted by Crippen LogP contribution is 2.24. The van der Waals surface area contributed by atoms with Crippen LogP contribution < -0.4 is 0 Å². The first-order valence-corrected chi connectivity index (χ1v) is 7.01. The summed E-state index contributed by atoms with van der Waals surface area (Å²) in [7, 11) is -1.81. The van der Waals surface area contributed by atoms with E-state index in [9.17, 15) is 8.42 Å². The van der Waals surface area contributed by atoms with E-state index in [-0.39, 0.29) is 11.0 Å². The number of ether oxygens (including phenoxy) is 1. The van der Waals surface area contributed by atoms with Crippen LogP contribution in [-0.4, -0.2) is 49.2 Å². The molecule has 17 heavy (non-hydrogen) atoms. The molecule has 2 heterocycles. The second-order valence-corrected chi connectivity index (χ2v) is 6.28. The zero-order valence-electron chi connectivity index (χ0n) is 9.96. The van der Waals surface area contributed by atoms with Crippen LogP contribution in [0.2, 0.25) is 0 Å². The highest BCUT2D eigenvalue weighted by Gasteiger charge is 2.34. The monoisotopic (exact) mass is 259 g/mol. The van der Waals surface area contributed by atoms with Crippen LogP contribution >= 0.6 is 0 Å². The van der Waals surface area contributed by atoms with Crippen molar-refractivity contribution >= 4 is 10.0 Å². The normalized spacial score (nSPS) is 27.2. The molecule has 1 aromatic heterocycles. The number of aromatic nitrogens is 2. The van der Waals surface area contributed by atoms with Gasteiger partial charge in [-0.3, -0.25) is 5.10 Å². The average Bonchev–Trinajstić information content (AvgIpc) is 2.83. The number of methoxy groups -OCH3 is 1. The number of rotatable bonds is 3. The van der Waals surface area contributed by atoms with Gasteiger partial charge in [0, 0.05) is 26.4 Å². The topological polar surface area (TPSA) is 75.3 Å². The Morgan fingerprint density at radius 1 is 1.59 bits per heavy atom. The Kier molecular flexibility index (Phi) is 3.50. The molecule has 0 bridgehead atoms. The molecule has 0 aliphatic carbocycles. The SMILES string of the molecule is COC1CN(S(=O)(=O)c2cn[nH]c2)CCC1C. The van der Waals surface area contributed by atoms with Gasteiger partial charge in [-0.15, -0.1) is 0 Å². The maximum atomic E-state index is 12.2. The predicted octanol–water partition coefficient (Wildman–Crippen LogP) is 0.455. The summed E-state index contributed by atoms with van der Waals surface area (Å²) in [5, 5.41) is 6.20. The lowest BCUT2D eigenvalue weighted by molar-refractivity contribution is 0.0184. The van der Waals surface area contributed by atoms with Crippen molar-refractivity contribution in [2.24, 2.45) is 5.92 Å². The minimum atomic E-state index is -3.43. The van der Waals surface area contributed by atoms with Gasteiger partial charge in [0.2, 0.25) is 10.0 Å². The van der Waals surface area contributed by atoms with Gasteiger partial charge in [-0.1, -0.05) is 6.92 Å². The van der Waals surface area contributed by atoms with Gasteiger partial charge in [0.05, 0.1) is 12.3 Å². The maximum Gasteiger partial charge on any atom is 0.246 e. The fourth-order valence-electron chi connectivity index (χ4n) is 2.06. The molecule has 0 aromatic carbocycles. The van der Waals surface area contributed by atoms with Crippen molar-refractivity contribution in [2.45, 2.75) is 24.3 Å². The number of piperidine rings is 1. The second kappa shape index (κ2) is 4.75. The van der Waals surface area contributed by atoms with Gasteiger partial charge in [0.15, 0.2) is 0 Å². The summed E-state index contributed by atoms with van der Waals surface area (Å²) in [5.41, 5.74) is 0. The summed E-state index contributed by atoms with van der Waals surface area (Å²) < 4.78 is 31.2. The number of nitrogens with one attached hydrogen (secondary N) is 1. The fourth-order valence-corrected chi connectivity index (χ4v) is 3.43. The quantitative estimate of drug-likeness (QED) is 0.855. The van der Waals surface area contributed by atoms with Crippen LogP contribution in [0.15, 0.2) is 17.3 Å². The Morgan fingerprint density at radius 2 is 2.35 bits per heavy atom. The molecule has 6 nitrogen and oxygen atoms in total. The van der Waals surface area contributed by atoms with Gasteiger partial charge in [0.1, 0.15) is 4.90 Å². The van der Waals surface area contributed by atoms with E-state index in [0.29, 0.717) is 19.0 Å². The Balaban J connectivity index is 2.19. The van der Waals surface area contributed by atoms with Crippen molar-refractivity contribution in [1.29, 1.82) is 0 Å². The zero-order chi connectivity index (χ0) is 12.5. The van der Waals surface area contributed by atoms with Crippen LogP contribution in [0.5, 0.6) is 0 Å². The fraction of sp³-hybridized carbons (Fsp3) is 0.700. The molecular formula is C10H17N3O3S. The second-order valence-electron chi connectivity index (χ2n) is 4.34. The lowest BCUT2D eigenvalue weighted by atomic mass is 9.97. The Morgan fingerprint density at radius 3 is 2.94 bits per heavy atom. The van der Waals surface area contributed by atoms with Crippen LogP contribution in [0.3, 0.4) is 0 Å². The molecule has 0 saturated carbocycles. The van der Waals surface area contributed by atoms with Gasteiger partial charge in [0.25, 0.3) is 0 Å². The minimum absolute atomic E-state index is 0.0366. The van der Waals surface area contributed by atoms with E-state index in [1.807, 2.05) is 0 Å². The third-order valence-corrected chi connectivity index (χ3v) is 5.10. The zero-order valence-corrected chi connectivity index (χ0v) is 10.8. The average molecular weight is 259 g/mol. The van der Waals surface area contributed by atoms with E-state index >= 15 is 0 Å². The van der Waals surface area contributed by atoms with Gasteiger partial charge in [-0.05, 0) is 12.3 Å². The summed E-state index contributed by atoms with van der Waals surface area (Å²) in [5.74, 6) is 0.385. The molecule has 0 radical (unpaired) electrons. The molecule has 1 aromatic rings. The van der Waals surface area contributed by atoms with E-state index in [1.165, 1.54) is 16.7 Å². The first kappa shape index (κ1) is 12.5. The summed E-state index contributed by atoms with van der Waals surface area (Å²) in [6.07, 6.45) is 3.50. The molecule has 2 rings (SSSR count). The summed E-state index contributed by atoms with van der Waals surface area (Å²) in [4.78, 5) is 0.210. The van der Waals surface area contributed by atoms with Crippen LogP contribution in [0.25, 0.3) is 0 Å². The van der Waals surface area contributed by atoms with Gasteiger partial charge < -0.3 is 4.74 Å². The molecule has 2 atom stereocenters. The standard InChI is InChI=1S/C10H17N3O3S/c1-8-3-4-13(7-10(8)16-2)17(14,15)9-5-11-12-6-9/h5-6,8,10H,3-4,7H2,1-2H3,(H,11,12). The molecule has 96 valence electrons. The minimum Gasteiger partial charge on any atom is -0.380 e. The van der Waals surface area contributed by atoms with Crippen molar-refractivity contribution < 1.29 is 13.2 Å². The number of aromatic amines is 1. The van der Waals surface area contributed by atoms with E-state index < -0.39 is 10.0 Å². The molecule has 1 N–H and O–H groups in total. The first-order valence-electron chi connectivity index (χ1n) is 5.57. The van der Waals surface area contributed by atoms with Crippen molar-refractivity contribution in [2.75, 3.05) is 20.2 Å². The van der Waals surface area contributed by atoms with Crippen LogP contribution in [-0.2, 0) is 14.8 Å². The first-order chi connectivity index (χ1) is 8.05. The molecular weight excluding hydrogens is 242 g/mol. The third kappa shape index (κ3) is 2.36. The largest absolute Gasteiger partial charge is 0.380 e. The number of nitrogens with zero attached hydrogens (tertiary/aromatic N) is 2. The molecule has 1 fully saturated rings. The predicted molar refractivity (Wildman–Crippen MR) is 61.9 cm³/mol. The van der Waals surface area contributed by atoms with Crippen LogP contribution in [0.4, 0.5) is 0 Å². The van der Waals surface area contributed by atoms with Crippen molar-refractivity contribution in [3.63, 3.8) is 0 Å². The Labute approximate surface area is 101 Å². The van der Waals surface area contributed by atoms with E-state index in [1.54, 1.807) is 7.11 Å². The maximum absolute atomic E-state index is 12.2. The van der Waals surface area contributed by atoms with Crippen molar-refractivity contribution in [3.8, 4) is 0 Å². The van der Waals surface area contributed by atoms with Gasteiger partial charge in [-0.25, -0.2) is 8.42 Å². The van der Waals surface area contributed by atoms with Crippen molar-refractivity contribution in [3.05, 3.63) is 12.4 Å². The van der Waals surface area contributed by atoms with Crippen LogP contribution in [0.1, 0.15) is 13.3 Å². The summed E-state index contributed by atoms with van der Waals surface area (Å²) in [6, 6.07) is 0. The Hall–Kier alpha value is -0.920. The van der Waals surface area contributed by atoms with E-state index in [4.69, 9.17) is 4.74 Å². The molecule has 2 unspecified atom stereocenters. The molecule has 1 aliphatic heterocycles. The molecule has 1 aliphatic rings. The van der Waals surface area contributed by atoms with E-state index in [0.717, 1.165) is 6.42 Å². The molecule has 1 saturated heterocycles. The summed E-state index contributed by atoms with van der Waals surface area (Å²) >= 11 is 0. The number of H-pyrrole nitrogens is 1. The highest BCUT2D eigenvalue weighted by molar-refractivity contribution is 7.89. The van der Waals surface area contributed by atoms with Gasteiger partial charge in [-0.2, -0.15) is 9.40 Å². The molecule has 0 spiro atoms. The number of sulfonamides is 1. The van der Waals surface area contributed by atoms with Gasteiger partial charge >= 0.3 is 0 Å². The van der Waals surface area contributed by atoms with E-state index in [2.05, 4.69) is 17.1 Å². The van der Waals surface area contributed by atoms with Crippen LogP contribution in [0, 0.1) is 5.92 Å². The Bertz CT molecular complexity index is 457. The summed E-state index contributed by atoms with van der Waals surface area (Å²) in [6.45, 7) is 3.02. The lowest BCUT2D eigenvalue weighted by Gasteiger charge is -2.35. The number of hydrogen-bond acceptors (Lipinski definition) is 4. The highest BCUT2D eigenvalue weighted by atomic mass is 32.2. The smallest absolute Gasteiger partial charge is 0.246 e. The van der Waals surface area contributed by atoms with Crippen molar-refractivity contribution in [1.82, 2.24) is 14.5 Å².